The number of rotatable bonds is 0. The molecule has 13 heavy (non-hydrogen) atoms. The highest BCUT2D eigenvalue weighted by Gasteiger charge is 2.55. The molecule has 1 aliphatic heterocycles. The molecule has 3 rings (SSSR count). The molecule has 3 fully saturated rings. The van der Waals surface area contributed by atoms with Gasteiger partial charge in [0.1, 0.15) is 0 Å². The van der Waals surface area contributed by atoms with Crippen LogP contribution in [0, 0.1) is 17.3 Å². The van der Waals surface area contributed by atoms with Gasteiger partial charge in [0.15, 0.2) is 0 Å². The standard InChI is InChI=1S/C12H21N/c1-2-4-6-12(5-3-1)10-7-11(12)9-13-8-10/h10-11,13H,1-9H2. The van der Waals surface area contributed by atoms with E-state index in [4.69, 9.17) is 0 Å². The maximum atomic E-state index is 3.58. The summed E-state index contributed by atoms with van der Waals surface area (Å²) in [6.45, 7) is 2.66. The Balaban J connectivity index is 1.79. The fourth-order valence-corrected chi connectivity index (χ4v) is 4.19. The lowest BCUT2D eigenvalue weighted by Crippen LogP contribution is -2.61. The van der Waals surface area contributed by atoms with E-state index in [9.17, 15) is 0 Å². The summed E-state index contributed by atoms with van der Waals surface area (Å²) in [5.41, 5.74) is 0.835. The number of piperidine rings is 2. The molecule has 1 nitrogen and oxygen atoms in total. The average molecular weight is 179 g/mol. The first-order chi connectivity index (χ1) is 6.42. The minimum atomic E-state index is 0.835. The molecule has 2 aliphatic carbocycles. The van der Waals surface area contributed by atoms with Crippen LogP contribution in [0.5, 0.6) is 0 Å². The van der Waals surface area contributed by atoms with Crippen LogP contribution >= 0.6 is 0 Å². The molecule has 0 amide bonds. The third-order valence-electron chi connectivity index (χ3n) is 5.01. The Kier molecular flexibility index (Phi) is 1.90. The van der Waals surface area contributed by atoms with Gasteiger partial charge in [-0.05, 0) is 49.6 Å². The Labute approximate surface area is 81.3 Å². The van der Waals surface area contributed by atoms with E-state index in [0.29, 0.717) is 0 Å². The largest absolute Gasteiger partial charge is 0.316 e. The molecule has 1 saturated heterocycles. The average Bonchev–Trinajstić information content (AvgIpc) is 2.45. The van der Waals surface area contributed by atoms with Crippen molar-refractivity contribution < 1.29 is 0 Å². The zero-order chi connectivity index (χ0) is 8.73. The molecule has 0 radical (unpaired) electrons. The second-order valence-electron chi connectivity index (χ2n) is 5.44. The van der Waals surface area contributed by atoms with Crippen molar-refractivity contribution in [3.8, 4) is 0 Å². The Morgan fingerprint density at radius 3 is 2.00 bits per heavy atom. The SMILES string of the molecule is C1CCCC2(CC1)C1CNCC2C1. The fourth-order valence-electron chi connectivity index (χ4n) is 4.19. The molecule has 2 saturated carbocycles. The molecule has 1 N–H and O–H groups in total. The van der Waals surface area contributed by atoms with Gasteiger partial charge in [-0.25, -0.2) is 0 Å². The minimum Gasteiger partial charge on any atom is -0.316 e. The summed E-state index contributed by atoms with van der Waals surface area (Å²) in [5, 5.41) is 3.58. The van der Waals surface area contributed by atoms with Crippen molar-refractivity contribution in [3.63, 3.8) is 0 Å². The van der Waals surface area contributed by atoms with Crippen molar-refractivity contribution >= 4 is 0 Å². The molecule has 1 spiro atoms. The van der Waals surface area contributed by atoms with E-state index in [1.54, 1.807) is 19.3 Å². The Morgan fingerprint density at radius 1 is 0.846 bits per heavy atom. The van der Waals surface area contributed by atoms with Crippen LogP contribution in [0.1, 0.15) is 44.9 Å². The molecular weight excluding hydrogens is 158 g/mol. The first kappa shape index (κ1) is 8.28. The van der Waals surface area contributed by atoms with E-state index in [1.165, 1.54) is 38.8 Å². The van der Waals surface area contributed by atoms with Crippen LogP contribution in [-0.2, 0) is 0 Å². The first-order valence-corrected chi connectivity index (χ1v) is 6.12. The van der Waals surface area contributed by atoms with Gasteiger partial charge in [0.05, 0.1) is 0 Å². The van der Waals surface area contributed by atoms with Crippen molar-refractivity contribution in [2.24, 2.45) is 17.3 Å². The monoisotopic (exact) mass is 179 g/mol. The maximum absolute atomic E-state index is 3.58. The van der Waals surface area contributed by atoms with Crippen LogP contribution in [0.25, 0.3) is 0 Å². The van der Waals surface area contributed by atoms with Crippen molar-refractivity contribution in [1.29, 1.82) is 0 Å². The van der Waals surface area contributed by atoms with Crippen LogP contribution in [0.15, 0.2) is 0 Å². The summed E-state index contributed by atoms with van der Waals surface area (Å²) in [6.07, 6.45) is 10.7. The first-order valence-electron chi connectivity index (χ1n) is 6.12. The molecule has 74 valence electrons. The molecule has 3 aliphatic rings. The van der Waals surface area contributed by atoms with Gasteiger partial charge in [-0.3, -0.25) is 0 Å². The maximum Gasteiger partial charge on any atom is -0.00149 e. The second kappa shape index (κ2) is 2.98. The van der Waals surface area contributed by atoms with E-state index in [2.05, 4.69) is 5.32 Å². The molecular formula is C12H21N. The molecule has 1 heterocycles. The third-order valence-corrected chi connectivity index (χ3v) is 5.01. The molecule has 0 aromatic carbocycles. The van der Waals surface area contributed by atoms with Gasteiger partial charge in [0.25, 0.3) is 0 Å². The summed E-state index contributed by atoms with van der Waals surface area (Å²) in [6, 6.07) is 0. The van der Waals surface area contributed by atoms with Gasteiger partial charge in [-0.15, -0.1) is 0 Å². The zero-order valence-electron chi connectivity index (χ0n) is 8.52. The van der Waals surface area contributed by atoms with Crippen molar-refractivity contribution in [1.82, 2.24) is 5.32 Å². The molecule has 0 aromatic rings. The van der Waals surface area contributed by atoms with Gasteiger partial charge < -0.3 is 5.32 Å². The summed E-state index contributed by atoms with van der Waals surface area (Å²) < 4.78 is 0. The highest BCUT2D eigenvalue weighted by Crippen LogP contribution is 2.60. The summed E-state index contributed by atoms with van der Waals surface area (Å²) >= 11 is 0. The Hall–Kier alpha value is -0.0400. The Bertz CT molecular complexity index is 175. The van der Waals surface area contributed by atoms with Crippen LogP contribution in [0.3, 0.4) is 0 Å². The topological polar surface area (TPSA) is 12.0 Å². The van der Waals surface area contributed by atoms with Gasteiger partial charge in [-0.2, -0.15) is 0 Å². The zero-order valence-corrected chi connectivity index (χ0v) is 8.52. The number of hydrogen-bond donors (Lipinski definition) is 1. The quantitative estimate of drug-likeness (QED) is 0.602. The number of hydrogen-bond acceptors (Lipinski definition) is 1. The summed E-state index contributed by atoms with van der Waals surface area (Å²) in [5.74, 6) is 2.12. The third kappa shape index (κ3) is 1.09. The molecule has 2 unspecified atom stereocenters. The van der Waals surface area contributed by atoms with Crippen molar-refractivity contribution in [2.75, 3.05) is 13.1 Å². The van der Waals surface area contributed by atoms with E-state index < -0.39 is 0 Å². The van der Waals surface area contributed by atoms with Gasteiger partial charge in [0, 0.05) is 0 Å². The van der Waals surface area contributed by atoms with E-state index >= 15 is 0 Å². The molecule has 0 aromatic heterocycles. The fraction of sp³-hybridized carbons (Fsp3) is 1.00. The van der Waals surface area contributed by atoms with Crippen LogP contribution in [0.4, 0.5) is 0 Å². The highest BCUT2D eigenvalue weighted by molar-refractivity contribution is 5.06. The predicted molar refractivity (Wildman–Crippen MR) is 54.6 cm³/mol. The normalized spacial score (nSPS) is 42.5. The van der Waals surface area contributed by atoms with Crippen LogP contribution in [-0.4, -0.2) is 13.1 Å². The Morgan fingerprint density at radius 2 is 1.46 bits per heavy atom. The van der Waals surface area contributed by atoms with Gasteiger partial charge >= 0.3 is 0 Å². The lowest BCUT2D eigenvalue weighted by molar-refractivity contribution is -0.0922. The van der Waals surface area contributed by atoms with Gasteiger partial charge in [-0.1, -0.05) is 25.7 Å². The van der Waals surface area contributed by atoms with E-state index in [-0.39, 0.29) is 0 Å². The highest BCUT2D eigenvalue weighted by atomic mass is 14.9. The lowest BCUT2D eigenvalue weighted by atomic mass is 9.48. The van der Waals surface area contributed by atoms with E-state index in [0.717, 1.165) is 17.3 Å². The smallest absolute Gasteiger partial charge is 0.00149 e. The predicted octanol–water partition coefficient (Wildman–Crippen LogP) is 2.57. The minimum absolute atomic E-state index is 0.835. The summed E-state index contributed by atoms with van der Waals surface area (Å²) in [7, 11) is 0. The van der Waals surface area contributed by atoms with E-state index in [1.807, 2.05) is 0 Å². The lowest BCUT2D eigenvalue weighted by Gasteiger charge is -2.60. The number of nitrogens with one attached hydrogen (secondary N) is 1. The van der Waals surface area contributed by atoms with Crippen molar-refractivity contribution in [3.05, 3.63) is 0 Å². The van der Waals surface area contributed by atoms with Crippen molar-refractivity contribution in [2.45, 2.75) is 44.9 Å². The molecule has 2 atom stereocenters. The van der Waals surface area contributed by atoms with Crippen LogP contribution in [0.2, 0.25) is 0 Å². The molecule has 2 bridgehead atoms. The second-order valence-corrected chi connectivity index (χ2v) is 5.44. The molecule has 1 heteroatoms. The van der Waals surface area contributed by atoms with Gasteiger partial charge in [0.2, 0.25) is 0 Å². The summed E-state index contributed by atoms with van der Waals surface area (Å²) in [4.78, 5) is 0. The van der Waals surface area contributed by atoms with Crippen LogP contribution < -0.4 is 5.32 Å².